The molecule has 1 atom stereocenters. The van der Waals surface area contributed by atoms with Gasteiger partial charge in [-0.3, -0.25) is 9.59 Å². The number of hydrogen-bond acceptors (Lipinski definition) is 5. The third kappa shape index (κ3) is 2.37. The van der Waals surface area contributed by atoms with E-state index in [2.05, 4.69) is 10.3 Å². The average molecular weight is 253 g/mol. The van der Waals surface area contributed by atoms with Crippen molar-refractivity contribution in [3.8, 4) is 0 Å². The summed E-state index contributed by atoms with van der Waals surface area (Å²) in [6, 6.07) is 0.120. The fraction of sp³-hybridized carbons (Fsp3) is 0.545. The molecule has 17 heavy (non-hydrogen) atoms. The van der Waals surface area contributed by atoms with Crippen LogP contribution in [0.2, 0.25) is 0 Å². The van der Waals surface area contributed by atoms with Gasteiger partial charge in [0.15, 0.2) is 5.13 Å². The van der Waals surface area contributed by atoms with Crippen molar-refractivity contribution in [3.63, 3.8) is 0 Å². The number of piperidine rings is 1. The van der Waals surface area contributed by atoms with Crippen molar-refractivity contribution in [1.29, 1.82) is 0 Å². The average Bonchev–Trinajstić information content (AvgIpc) is 2.77. The molecule has 1 saturated heterocycles. The van der Waals surface area contributed by atoms with Gasteiger partial charge < -0.3 is 5.32 Å². The number of hydrogen-bond donors (Lipinski definition) is 1. The van der Waals surface area contributed by atoms with Crippen molar-refractivity contribution in [2.75, 3.05) is 11.9 Å². The van der Waals surface area contributed by atoms with Crippen LogP contribution in [0.5, 0.6) is 0 Å². The van der Waals surface area contributed by atoms with Gasteiger partial charge in [0.1, 0.15) is 0 Å². The molecule has 1 aromatic heterocycles. The van der Waals surface area contributed by atoms with Crippen molar-refractivity contribution in [2.24, 2.45) is 0 Å². The predicted molar refractivity (Wildman–Crippen MR) is 65.9 cm³/mol. The second-order valence-electron chi connectivity index (χ2n) is 4.04. The molecule has 0 aromatic carbocycles. The lowest BCUT2D eigenvalue weighted by Crippen LogP contribution is -2.40. The van der Waals surface area contributed by atoms with Crippen LogP contribution in [0.3, 0.4) is 0 Å². The molecule has 1 aliphatic heterocycles. The molecule has 2 amide bonds. The minimum Gasteiger partial charge on any atom is -0.312 e. The lowest BCUT2D eigenvalue weighted by atomic mass is 10.1. The van der Waals surface area contributed by atoms with Crippen LogP contribution in [-0.4, -0.2) is 23.8 Å². The maximum Gasteiger partial charge on any atom is 0.235 e. The number of thiazole rings is 1. The summed E-state index contributed by atoms with van der Waals surface area (Å²) in [5.74, 6) is -0.279. The van der Waals surface area contributed by atoms with Crippen LogP contribution in [0.25, 0.3) is 0 Å². The zero-order valence-corrected chi connectivity index (χ0v) is 10.7. The third-order valence-corrected chi connectivity index (χ3v) is 3.70. The van der Waals surface area contributed by atoms with Crippen molar-refractivity contribution in [1.82, 2.24) is 10.3 Å². The van der Waals surface area contributed by atoms with Crippen molar-refractivity contribution < 1.29 is 9.59 Å². The van der Waals surface area contributed by atoms with Gasteiger partial charge in [0.05, 0.1) is 5.69 Å². The second-order valence-corrected chi connectivity index (χ2v) is 4.88. The first-order chi connectivity index (χ1) is 8.13. The summed E-state index contributed by atoms with van der Waals surface area (Å²) in [7, 11) is 1.85. The van der Waals surface area contributed by atoms with Gasteiger partial charge >= 0.3 is 0 Å². The lowest BCUT2D eigenvalue weighted by molar-refractivity contribution is -0.129. The molecule has 0 radical (unpaired) electrons. The van der Waals surface area contributed by atoms with E-state index in [1.165, 1.54) is 16.2 Å². The maximum absolute atomic E-state index is 11.7. The molecule has 0 spiro atoms. The molecule has 2 heterocycles. The Morgan fingerprint density at radius 2 is 2.06 bits per heavy atom. The van der Waals surface area contributed by atoms with Crippen LogP contribution in [0, 0.1) is 0 Å². The van der Waals surface area contributed by atoms with E-state index in [1.807, 2.05) is 19.4 Å². The van der Waals surface area contributed by atoms with Gasteiger partial charge in [-0.15, -0.1) is 11.3 Å². The molecular weight excluding hydrogens is 238 g/mol. The van der Waals surface area contributed by atoms with Crippen LogP contribution < -0.4 is 10.2 Å². The number of imide groups is 1. The molecule has 1 unspecified atom stereocenters. The standard InChI is InChI=1S/C11H15N3O2S/c1-7(12-2)8-6-17-11(13-8)14-9(15)4-3-5-10(14)16/h6-7,12H,3-5H2,1-2H3. The van der Waals surface area contributed by atoms with E-state index in [9.17, 15) is 9.59 Å². The van der Waals surface area contributed by atoms with E-state index in [4.69, 9.17) is 0 Å². The lowest BCUT2D eigenvalue weighted by Gasteiger charge is -2.22. The Bertz CT molecular complexity index is 428. The minimum absolute atomic E-state index is 0.120. The maximum atomic E-state index is 11.7. The molecule has 0 aliphatic carbocycles. The highest BCUT2D eigenvalue weighted by Gasteiger charge is 2.29. The number of amides is 2. The highest BCUT2D eigenvalue weighted by molar-refractivity contribution is 7.14. The van der Waals surface area contributed by atoms with Crippen LogP contribution in [0.15, 0.2) is 5.38 Å². The predicted octanol–water partition coefficient (Wildman–Crippen LogP) is 1.47. The van der Waals surface area contributed by atoms with E-state index in [1.54, 1.807) is 0 Å². The Hall–Kier alpha value is -1.27. The quantitative estimate of drug-likeness (QED) is 0.829. The summed E-state index contributed by atoms with van der Waals surface area (Å²) in [6.07, 6.45) is 1.52. The largest absolute Gasteiger partial charge is 0.312 e. The Kier molecular flexibility index (Phi) is 3.54. The van der Waals surface area contributed by atoms with Gasteiger partial charge in [0, 0.05) is 24.3 Å². The molecule has 1 aliphatic rings. The molecule has 92 valence electrons. The smallest absolute Gasteiger partial charge is 0.235 e. The number of rotatable bonds is 3. The molecule has 1 fully saturated rings. The minimum atomic E-state index is -0.140. The van der Waals surface area contributed by atoms with Gasteiger partial charge in [-0.25, -0.2) is 9.88 Å². The first kappa shape index (κ1) is 12.2. The van der Waals surface area contributed by atoms with E-state index in [0.717, 1.165) is 5.69 Å². The van der Waals surface area contributed by atoms with E-state index >= 15 is 0 Å². The number of anilines is 1. The summed E-state index contributed by atoms with van der Waals surface area (Å²) < 4.78 is 0. The Morgan fingerprint density at radius 1 is 1.41 bits per heavy atom. The van der Waals surface area contributed by atoms with Crippen LogP contribution in [0.4, 0.5) is 5.13 Å². The van der Waals surface area contributed by atoms with Gasteiger partial charge in [-0.05, 0) is 20.4 Å². The molecule has 0 saturated carbocycles. The van der Waals surface area contributed by atoms with Crippen molar-refractivity contribution in [3.05, 3.63) is 11.1 Å². The first-order valence-corrected chi connectivity index (χ1v) is 6.50. The number of nitrogens with zero attached hydrogens (tertiary/aromatic N) is 2. The van der Waals surface area contributed by atoms with E-state index in [0.29, 0.717) is 24.4 Å². The Morgan fingerprint density at radius 3 is 2.65 bits per heavy atom. The number of nitrogens with one attached hydrogen (secondary N) is 1. The molecule has 2 rings (SSSR count). The third-order valence-electron chi connectivity index (χ3n) is 2.86. The molecule has 0 bridgehead atoms. The van der Waals surface area contributed by atoms with Crippen molar-refractivity contribution >= 4 is 28.3 Å². The summed E-state index contributed by atoms with van der Waals surface area (Å²) in [5, 5.41) is 5.45. The summed E-state index contributed by atoms with van der Waals surface area (Å²) in [5.41, 5.74) is 0.860. The first-order valence-electron chi connectivity index (χ1n) is 5.62. The number of carbonyl (C=O) groups excluding carboxylic acids is 2. The highest BCUT2D eigenvalue weighted by atomic mass is 32.1. The highest BCUT2D eigenvalue weighted by Crippen LogP contribution is 2.27. The molecular formula is C11H15N3O2S. The normalized spacial score (nSPS) is 18.6. The molecule has 6 heteroatoms. The van der Waals surface area contributed by atoms with Crippen molar-refractivity contribution in [2.45, 2.75) is 32.2 Å². The number of carbonyl (C=O) groups is 2. The van der Waals surface area contributed by atoms with E-state index in [-0.39, 0.29) is 17.9 Å². The Balaban J connectivity index is 2.24. The van der Waals surface area contributed by atoms with Crippen LogP contribution in [0.1, 0.15) is 37.9 Å². The fourth-order valence-corrected chi connectivity index (χ4v) is 2.64. The van der Waals surface area contributed by atoms with Crippen LogP contribution >= 0.6 is 11.3 Å². The topological polar surface area (TPSA) is 62.3 Å². The van der Waals surface area contributed by atoms with Gasteiger partial charge in [0.25, 0.3) is 0 Å². The van der Waals surface area contributed by atoms with Gasteiger partial charge in [-0.1, -0.05) is 0 Å². The second kappa shape index (κ2) is 4.93. The zero-order chi connectivity index (χ0) is 12.4. The molecule has 1 aromatic rings. The molecule has 5 nitrogen and oxygen atoms in total. The van der Waals surface area contributed by atoms with Crippen LogP contribution in [-0.2, 0) is 9.59 Å². The van der Waals surface area contributed by atoms with Gasteiger partial charge in [0.2, 0.25) is 11.8 Å². The Labute approximate surface area is 104 Å². The van der Waals surface area contributed by atoms with Gasteiger partial charge in [-0.2, -0.15) is 0 Å². The zero-order valence-electron chi connectivity index (χ0n) is 9.90. The number of aromatic nitrogens is 1. The SMILES string of the molecule is CNC(C)c1csc(N2C(=O)CCCC2=O)n1. The monoisotopic (exact) mass is 253 g/mol. The van der Waals surface area contributed by atoms with E-state index < -0.39 is 0 Å². The molecule has 1 N–H and O–H groups in total. The fourth-order valence-electron chi connectivity index (χ4n) is 1.69. The summed E-state index contributed by atoms with van der Waals surface area (Å²) in [6.45, 7) is 1.98. The summed E-state index contributed by atoms with van der Waals surface area (Å²) >= 11 is 1.34. The summed E-state index contributed by atoms with van der Waals surface area (Å²) in [4.78, 5) is 29.0.